The van der Waals surface area contributed by atoms with Gasteiger partial charge in [-0.3, -0.25) is 4.99 Å². The fourth-order valence-electron chi connectivity index (χ4n) is 2.91. The second kappa shape index (κ2) is 8.06. The van der Waals surface area contributed by atoms with E-state index in [1.165, 1.54) is 11.1 Å². The maximum absolute atomic E-state index is 4.48. The van der Waals surface area contributed by atoms with Crippen molar-refractivity contribution >= 4 is 17.7 Å². The number of hydrogen-bond donors (Lipinski definition) is 1. The molecule has 0 saturated carbocycles. The Labute approximate surface area is 145 Å². The molecule has 0 aliphatic carbocycles. The van der Waals surface area contributed by atoms with E-state index in [4.69, 9.17) is 0 Å². The molecule has 0 aromatic heterocycles. The Balaban J connectivity index is 1.95. The first-order chi connectivity index (χ1) is 10.9. The summed E-state index contributed by atoms with van der Waals surface area (Å²) in [6.07, 6.45) is 0. The minimum atomic E-state index is 0.293. The summed E-state index contributed by atoms with van der Waals surface area (Å²) < 4.78 is 0.293. The van der Waals surface area contributed by atoms with Crippen LogP contribution in [0.4, 0.5) is 0 Å². The lowest BCUT2D eigenvalue weighted by Gasteiger charge is -2.39. The van der Waals surface area contributed by atoms with Crippen molar-refractivity contribution in [3.63, 3.8) is 0 Å². The van der Waals surface area contributed by atoms with Crippen LogP contribution in [-0.4, -0.2) is 60.5 Å². The molecule has 2 rings (SSSR count). The van der Waals surface area contributed by atoms with Crippen LogP contribution in [0.2, 0.25) is 0 Å². The van der Waals surface area contributed by atoms with Gasteiger partial charge in [-0.2, -0.15) is 11.8 Å². The molecule has 0 radical (unpaired) electrons. The highest BCUT2D eigenvalue weighted by molar-refractivity contribution is 8.00. The van der Waals surface area contributed by atoms with E-state index in [1.807, 2.05) is 18.8 Å². The summed E-state index contributed by atoms with van der Waals surface area (Å²) in [7, 11) is 6.07. The summed E-state index contributed by atoms with van der Waals surface area (Å²) in [5.74, 6) is 2.17. The molecule has 0 amide bonds. The summed E-state index contributed by atoms with van der Waals surface area (Å²) in [6, 6.07) is 8.77. The molecule has 1 aliphatic heterocycles. The van der Waals surface area contributed by atoms with Gasteiger partial charge in [-0.25, -0.2) is 0 Å². The standard InChI is InChI=1S/C18H30N4S/c1-18(2)14-22(9-10-23-18)17(19-3)20-12-15-7-6-8-16(11-15)13-21(4)5/h6-8,11H,9-10,12-14H2,1-5H3,(H,19,20). The van der Waals surface area contributed by atoms with E-state index in [0.29, 0.717) is 4.75 Å². The largest absolute Gasteiger partial charge is 0.352 e. The van der Waals surface area contributed by atoms with E-state index in [2.05, 4.69) is 72.3 Å². The summed E-state index contributed by atoms with van der Waals surface area (Å²) >= 11 is 2.04. The number of aliphatic imine (C=N–C) groups is 1. The number of guanidine groups is 1. The van der Waals surface area contributed by atoms with E-state index in [1.54, 1.807) is 0 Å². The van der Waals surface area contributed by atoms with Gasteiger partial charge in [0, 0.05) is 43.7 Å². The minimum absolute atomic E-state index is 0.293. The van der Waals surface area contributed by atoms with Crippen molar-refractivity contribution in [3.8, 4) is 0 Å². The predicted octanol–water partition coefficient (Wildman–Crippen LogP) is 2.65. The van der Waals surface area contributed by atoms with Crippen LogP contribution in [-0.2, 0) is 13.1 Å². The van der Waals surface area contributed by atoms with Crippen LogP contribution in [0.15, 0.2) is 29.3 Å². The monoisotopic (exact) mass is 334 g/mol. The van der Waals surface area contributed by atoms with Crippen LogP contribution in [0.1, 0.15) is 25.0 Å². The number of hydrogen-bond acceptors (Lipinski definition) is 3. The number of nitrogens with one attached hydrogen (secondary N) is 1. The average molecular weight is 335 g/mol. The van der Waals surface area contributed by atoms with Gasteiger partial charge in [0.25, 0.3) is 0 Å². The fraction of sp³-hybridized carbons (Fsp3) is 0.611. The molecule has 1 N–H and O–H groups in total. The lowest BCUT2D eigenvalue weighted by molar-refractivity contribution is 0.375. The summed E-state index contributed by atoms with van der Waals surface area (Å²) in [5.41, 5.74) is 2.65. The Bertz CT molecular complexity index is 540. The molecule has 0 atom stereocenters. The maximum Gasteiger partial charge on any atom is 0.193 e. The van der Waals surface area contributed by atoms with E-state index >= 15 is 0 Å². The predicted molar refractivity (Wildman–Crippen MR) is 102 cm³/mol. The summed E-state index contributed by atoms with van der Waals surface area (Å²) in [5, 5.41) is 3.53. The van der Waals surface area contributed by atoms with Gasteiger partial charge in [-0.15, -0.1) is 0 Å². The number of thioether (sulfide) groups is 1. The second-order valence-corrected chi connectivity index (χ2v) is 8.79. The average Bonchev–Trinajstić information content (AvgIpc) is 2.46. The minimum Gasteiger partial charge on any atom is -0.352 e. The molecule has 23 heavy (non-hydrogen) atoms. The van der Waals surface area contributed by atoms with Crippen LogP contribution < -0.4 is 5.32 Å². The first kappa shape index (κ1) is 18.1. The van der Waals surface area contributed by atoms with Gasteiger partial charge in [-0.05, 0) is 39.1 Å². The molecule has 0 bridgehead atoms. The van der Waals surface area contributed by atoms with Gasteiger partial charge in [0.15, 0.2) is 5.96 Å². The second-order valence-electron chi connectivity index (χ2n) is 6.99. The van der Waals surface area contributed by atoms with E-state index in [9.17, 15) is 0 Å². The van der Waals surface area contributed by atoms with E-state index in [-0.39, 0.29) is 0 Å². The third-order valence-electron chi connectivity index (χ3n) is 3.88. The molecule has 128 valence electrons. The van der Waals surface area contributed by atoms with Crippen molar-refractivity contribution in [2.45, 2.75) is 31.7 Å². The molecule has 1 aromatic carbocycles. The Morgan fingerprint density at radius 1 is 1.35 bits per heavy atom. The van der Waals surface area contributed by atoms with Crippen molar-refractivity contribution in [2.24, 2.45) is 4.99 Å². The molecule has 4 nitrogen and oxygen atoms in total. The number of benzene rings is 1. The highest BCUT2D eigenvalue weighted by Gasteiger charge is 2.28. The molecule has 0 unspecified atom stereocenters. The highest BCUT2D eigenvalue weighted by atomic mass is 32.2. The van der Waals surface area contributed by atoms with E-state index in [0.717, 1.165) is 37.9 Å². The Morgan fingerprint density at radius 2 is 2.09 bits per heavy atom. The highest BCUT2D eigenvalue weighted by Crippen LogP contribution is 2.29. The molecular weight excluding hydrogens is 304 g/mol. The van der Waals surface area contributed by atoms with Gasteiger partial charge in [0.2, 0.25) is 0 Å². The number of nitrogens with zero attached hydrogens (tertiary/aromatic N) is 3. The zero-order valence-corrected chi connectivity index (χ0v) is 15.9. The van der Waals surface area contributed by atoms with Gasteiger partial charge in [0.05, 0.1) is 0 Å². The fourth-order valence-corrected chi connectivity index (χ4v) is 4.03. The van der Waals surface area contributed by atoms with Crippen LogP contribution in [0.25, 0.3) is 0 Å². The zero-order chi connectivity index (χ0) is 16.9. The Morgan fingerprint density at radius 3 is 2.74 bits per heavy atom. The number of rotatable bonds is 4. The van der Waals surface area contributed by atoms with Gasteiger partial charge in [0.1, 0.15) is 0 Å². The van der Waals surface area contributed by atoms with E-state index < -0.39 is 0 Å². The van der Waals surface area contributed by atoms with Crippen molar-refractivity contribution in [2.75, 3.05) is 40.0 Å². The van der Waals surface area contributed by atoms with Crippen molar-refractivity contribution in [3.05, 3.63) is 35.4 Å². The first-order valence-corrected chi connectivity index (χ1v) is 9.20. The maximum atomic E-state index is 4.48. The SMILES string of the molecule is CN=C(NCc1cccc(CN(C)C)c1)N1CCSC(C)(C)C1. The Kier molecular flexibility index (Phi) is 6.36. The van der Waals surface area contributed by atoms with Crippen LogP contribution >= 0.6 is 11.8 Å². The summed E-state index contributed by atoms with van der Waals surface area (Å²) in [4.78, 5) is 9.05. The van der Waals surface area contributed by atoms with Gasteiger partial charge >= 0.3 is 0 Å². The van der Waals surface area contributed by atoms with Crippen LogP contribution in [0.5, 0.6) is 0 Å². The molecule has 0 spiro atoms. The van der Waals surface area contributed by atoms with Crippen LogP contribution in [0, 0.1) is 0 Å². The zero-order valence-electron chi connectivity index (χ0n) is 15.1. The molecule has 1 heterocycles. The molecule has 1 fully saturated rings. The quantitative estimate of drug-likeness (QED) is 0.677. The topological polar surface area (TPSA) is 30.9 Å². The first-order valence-electron chi connectivity index (χ1n) is 8.22. The van der Waals surface area contributed by atoms with Gasteiger partial charge < -0.3 is 15.1 Å². The third kappa shape index (κ3) is 5.74. The molecule has 5 heteroatoms. The lowest BCUT2D eigenvalue weighted by atomic mass is 10.1. The lowest BCUT2D eigenvalue weighted by Crippen LogP contribution is -2.50. The molecule has 1 aliphatic rings. The summed E-state index contributed by atoms with van der Waals surface area (Å²) in [6.45, 7) is 8.51. The Hall–Kier alpha value is -1.20. The third-order valence-corrected chi connectivity index (χ3v) is 5.18. The molecule has 1 aromatic rings. The van der Waals surface area contributed by atoms with Crippen LogP contribution in [0.3, 0.4) is 0 Å². The van der Waals surface area contributed by atoms with Crippen molar-refractivity contribution < 1.29 is 0 Å². The smallest absolute Gasteiger partial charge is 0.193 e. The van der Waals surface area contributed by atoms with Gasteiger partial charge in [-0.1, -0.05) is 24.3 Å². The van der Waals surface area contributed by atoms with Crippen molar-refractivity contribution in [1.82, 2.24) is 15.1 Å². The molecular formula is C18H30N4S. The molecule has 1 saturated heterocycles. The van der Waals surface area contributed by atoms with Crippen molar-refractivity contribution in [1.29, 1.82) is 0 Å². The normalized spacial score (nSPS) is 18.3.